The van der Waals surface area contributed by atoms with Gasteiger partial charge in [0, 0.05) is 37.6 Å². The number of rotatable bonds is 14. The number of carbonyl (C=O) groups excluding carboxylic acids is 3. The Balaban J connectivity index is 1.10. The summed E-state index contributed by atoms with van der Waals surface area (Å²) in [5.74, 6) is -2.73. The van der Waals surface area contributed by atoms with Crippen LogP contribution in [0.3, 0.4) is 0 Å². The van der Waals surface area contributed by atoms with Gasteiger partial charge in [0.15, 0.2) is 6.04 Å². The van der Waals surface area contributed by atoms with Crippen LogP contribution < -0.4 is 5.32 Å². The van der Waals surface area contributed by atoms with Gasteiger partial charge in [-0.1, -0.05) is 146 Å². The zero-order valence-electron chi connectivity index (χ0n) is 34.3. The molecule has 2 bridgehead atoms. The second-order valence-electron chi connectivity index (χ2n) is 16.4. The van der Waals surface area contributed by atoms with Gasteiger partial charge in [-0.25, -0.2) is 0 Å². The van der Waals surface area contributed by atoms with Gasteiger partial charge in [-0.3, -0.25) is 19.2 Å². The van der Waals surface area contributed by atoms with E-state index < -0.39 is 65.5 Å². The van der Waals surface area contributed by atoms with Gasteiger partial charge in [0.2, 0.25) is 17.6 Å². The molecular formula is C50H49N3O9. The number of para-hydroxylation sites is 1. The third kappa shape index (κ3) is 7.48. The molecule has 0 spiro atoms. The van der Waals surface area contributed by atoms with Gasteiger partial charge in [0.1, 0.15) is 41.6 Å². The van der Waals surface area contributed by atoms with Gasteiger partial charge >= 0.3 is 5.97 Å². The average Bonchev–Trinajstić information content (AvgIpc) is 3.88. The number of allylic oxidation sites excluding steroid dienone is 1. The van der Waals surface area contributed by atoms with Gasteiger partial charge in [-0.15, -0.1) is 0 Å². The molecule has 1 aliphatic carbocycles. The minimum absolute atomic E-state index is 0.00675. The van der Waals surface area contributed by atoms with Crippen LogP contribution in [0.25, 0.3) is 6.08 Å². The maximum absolute atomic E-state index is 15.7. The van der Waals surface area contributed by atoms with Crippen molar-refractivity contribution in [3.8, 4) is 5.75 Å². The van der Waals surface area contributed by atoms with Gasteiger partial charge in [-0.05, 0) is 34.7 Å². The molecule has 3 aliphatic heterocycles. The number of aliphatic hydroxyl groups excluding tert-OH is 1. The highest BCUT2D eigenvalue weighted by atomic mass is 16.8. The third-order valence-corrected chi connectivity index (χ3v) is 12.6. The number of phenolic OH excluding ortho intramolecular Hbond substituents is 1. The van der Waals surface area contributed by atoms with Crippen molar-refractivity contribution in [1.82, 2.24) is 15.3 Å². The first kappa shape index (κ1) is 41.2. The molecule has 1 saturated carbocycles. The first-order chi connectivity index (χ1) is 30.2. The fraction of sp³-hybridized carbons (Fsp3) is 0.300. The summed E-state index contributed by atoms with van der Waals surface area (Å²) >= 11 is 0. The van der Waals surface area contributed by atoms with Crippen LogP contribution in [0.15, 0.2) is 146 Å². The molecule has 3 saturated heterocycles. The molecule has 0 aromatic heterocycles. The van der Waals surface area contributed by atoms with E-state index in [0.29, 0.717) is 6.42 Å². The van der Waals surface area contributed by atoms with Crippen molar-refractivity contribution >= 4 is 23.9 Å². The van der Waals surface area contributed by atoms with Crippen LogP contribution in [-0.4, -0.2) is 94.7 Å². The van der Waals surface area contributed by atoms with E-state index in [-0.39, 0.29) is 38.3 Å². The number of ether oxygens (including phenoxy) is 3. The number of nitrogens with one attached hydrogen (secondary N) is 1. The van der Waals surface area contributed by atoms with E-state index in [2.05, 4.69) is 5.32 Å². The number of carbonyl (C=O) groups is 3. The van der Waals surface area contributed by atoms with E-state index in [1.54, 1.807) is 24.2 Å². The lowest BCUT2D eigenvalue weighted by Crippen LogP contribution is -2.70. The minimum atomic E-state index is -1.57. The van der Waals surface area contributed by atoms with Crippen LogP contribution in [-0.2, 0) is 58.6 Å². The third-order valence-electron chi connectivity index (χ3n) is 12.6. The number of fused-ring (bicyclic) bond motifs is 4. The van der Waals surface area contributed by atoms with Crippen LogP contribution in [0.1, 0.15) is 39.8 Å². The fourth-order valence-corrected chi connectivity index (χ4v) is 9.66. The Morgan fingerprint density at radius 2 is 1.50 bits per heavy atom. The molecule has 4 aliphatic rings. The lowest BCUT2D eigenvalue weighted by molar-refractivity contribution is -0.214. The van der Waals surface area contributed by atoms with E-state index in [4.69, 9.17) is 19.0 Å². The number of aromatic hydroxyl groups is 1. The summed E-state index contributed by atoms with van der Waals surface area (Å²) in [7, 11) is 1.59. The quantitative estimate of drug-likeness (QED) is 0.126. The summed E-state index contributed by atoms with van der Waals surface area (Å²) < 4.78 is 20.5. The van der Waals surface area contributed by atoms with E-state index in [1.165, 1.54) is 4.90 Å². The lowest BCUT2D eigenvalue weighted by Gasteiger charge is -2.50. The van der Waals surface area contributed by atoms with E-state index in [9.17, 15) is 19.8 Å². The van der Waals surface area contributed by atoms with E-state index in [1.807, 2.05) is 140 Å². The number of amides is 2. The van der Waals surface area contributed by atoms with Crippen LogP contribution in [0.2, 0.25) is 0 Å². The Morgan fingerprint density at radius 3 is 2.19 bits per heavy atom. The molecule has 12 nitrogen and oxygen atoms in total. The summed E-state index contributed by atoms with van der Waals surface area (Å²) in [4.78, 5) is 52.6. The molecule has 5 aromatic carbocycles. The number of nitrogens with zero attached hydrogens (tertiary/aromatic N) is 2. The molecule has 3 heterocycles. The summed E-state index contributed by atoms with van der Waals surface area (Å²) in [5.41, 5.74) is 3.22. The molecule has 12 heteroatoms. The summed E-state index contributed by atoms with van der Waals surface area (Å²) in [5, 5.41) is 24.2. The molecule has 318 valence electrons. The first-order valence-corrected chi connectivity index (χ1v) is 21.0. The highest BCUT2D eigenvalue weighted by molar-refractivity contribution is 5.96. The zero-order chi connectivity index (χ0) is 42.8. The van der Waals surface area contributed by atoms with Crippen molar-refractivity contribution in [3.05, 3.63) is 179 Å². The Morgan fingerprint density at radius 1 is 0.855 bits per heavy atom. The summed E-state index contributed by atoms with van der Waals surface area (Å²) in [6.07, 6.45) is 1.08. The Bertz CT molecular complexity index is 2390. The lowest BCUT2D eigenvalue weighted by atomic mass is 9.62. The molecule has 3 N–H and O–H groups in total. The Labute approximate surface area is 360 Å². The molecular weight excluding hydrogens is 787 g/mol. The maximum atomic E-state index is 15.7. The number of likely N-dealkylation sites (N-methyl/N-ethyl adjacent to an activating group) is 1. The Hall–Kier alpha value is -6.15. The monoisotopic (exact) mass is 835 g/mol. The van der Waals surface area contributed by atoms with Crippen molar-refractivity contribution < 1.29 is 43.6 Å². The van der Waals surface area contributed by atoms with Crippen molar-refractivity contribution in [2.75, 3.05) is 20.2 Å². The van der Waals surface area contributed by atoms with Crippen LogP contribution in [0.4, 0.5) is 0 Å². The number of esters is 1. The molecule has 9 rings (SSSR count). The van der Waals surface area contributed by atoms with Gasteiger partial charge in [-0.2, -0.15) is 5.06 Å². The highest BCUT2D eigenvalue weighted by Crippen LogP contribution is 2.59. The number of phenols is 1. The molecule has 7 atom stereocenters. The number of aliphatic hydroxyl groups is 1. The second-order valence-corrected chi connectivity index (χ2v) is 16.4. The van der Waals surface area contributed by atoms with Crippen LogP contribution >= 0.6 is 0 Å². The summed E-state index contributed by atoms with van der Waals surface area (Å²) in [6.45, 7) is -0.150. The molecule has 62 heavy (non-hydrogen) atoms. The number of hydroxylamine groups is 2. The standard InChI is InChI=1S/C50H49N3O9/c1-52(39(46(56)51-27-28-54)30-34-15-5-2-6-16-34)48(58)49-31-41-42-43(61-50(60-42,37-22-7-3-8-23-37)38-24-9-4-10-25-38)45(49)62-53(44(49)47(57)59-41)32-35-19-13-17-33(29-35)18-14-21-36-20-11-12-26-40(36)55/h2-20,22-26,29,39,41-45,54-55H,21,27-28,30-32H2,1H3,(H,51,56). The average molecular weight is 836 g/mol. The second kappa shape index (κ2) is 17.3. The van der Waals surface area contributed by atoms with Crippen LogP contribution in [0.5, 0.6) is 5.75 Å². The number of hydrogen-bond acceptors (Lipinski definition) is 10. The number of hydrogen-bond donors (Lipinski definition) is 3. The van der Waals surface area contributed by atoms with E-state index in [0.717, 1.165) is 33.4 Å². The van der Waals surface area contributed by atoms with Crippen molar-refractivity contribution in [3.63, 3.8) is 0 Å². The predicted octanol–water partition coefficient (Wildman–Crippen LogP) is 5.31. The predicted molar refractivity (Wildman–Crippen MR) is 229 cm³/mol. The maximum Gasteiger partial charge on any atom is 0.327 e. The number of benzene rings is 5. The fourth-order valence-electron chi connectivity index (χ4n) is 9.66. The minimum Gasteiger partial charge on any atom is -0.508 e. The van der Waals surface area contributed by atoms with E-state index >= 15 is 4.79 Å². The zero-order valence-corrected chi connectivity index (χ0v) is 34.3. The van der Waals surface area contributed by atoms with Gasteiger partial charge < -0.3 is 34.6 Å². The molecule has 4 fully saturated rings. The Kier molecular flexibility index (Phi) is 11.5. The van der Waals surface area contributed by atoms with Crippen molar-refractivity contribution in [2.45, 2.75) is 68.1 Å². The topological polar surface area (TPSA) is 147 Å². The highest BCUT2D eigenvalue weighted by Gasteiger charge is 2.77. The molecule has 2 amide bonds. The molecule has 0 radical (unpaired) electrons. The van der Waals surface area contributed by atoms with Crippen molar-refractivity contribution in [1.29, 1.82) is 0 Å². The largest absolute Gasteiger partial charge is 0.508 e. The smallest absolute Gasteiger partial charge is 0.327 e. The summed E-state index contributed by atoms with van der Waals surface area (Å²) in [6, 6.07) is 41.3. The molecule has 5 aromatic rings. The SMILES string of the molecule is CN(C(=O)C12CC3OC(=O)C1N(Cc1cccc(C=CCc4ccccc4O)c1)OC2C1OC(c2ccccc2)(c2ccccc2)OC31)C(Cc1ccccc1)C(=O)NCCO. The first-order valence-electron chi connectivity index (χ1n) is 21.0. The van der Waals surface area contributed by atoms with Crippen LogP contribution in [0, 0.1) is 5.41 Å². The molecule has 7 unspecified atom stereocenters. The van der Waals surface area contributed by atoms with Gasteiger partial charge in [0.05, 0.1) is 13.2 Å². The van der Waals surface area contributed by atoms with Crippen molar-refractivity contribution in [2.24, 2.45) is 5.41 Å². The normalized spacial score (nSPS) is 25.2. The van der Waals surface area contributed by atoms with Gasteiger partial charge in [0.25, 0.3) is 0 Å².